The van der Waals surface area contributed by atoms with E-state index in [0.717, 1.165) is 25.8 Å². The number of likely N-dealkylation sites (tertiary alicyclic amines) is 1. The van der Waals surface area contributed by atoms with Gasteiger partial charge in [0.05, 0.1) is 6.04 Å². The summed E-state index contributed by atoms with van der Waals surface area (Å²) >= 11 is 0. The van der Waals surface area contributed by atoms with Crippen LogP contribution in [0.5, 0.6) is 0 Å². The summed E-state index contributed by atoms with van der Waals surface area (Å²) in [7, 11) is 0. The normalized spacial score (nSPS) is 26.8. The number of hydrogen-bond acceptors (Lipinski definition) is 3. The van der Waals surface area contributed by atoms with Gasteiger partial charge in [-0.3, -0.25) is 4.90 Å². The van der Waals surface area contributed by atoms with Crippen LogP contribution >= 0.6 is 0 Å². The molecule has 0 aromatic heterocycles. The summed E-state index contributed by atoms with van der Waals surface area (Å²) in [6.45, 7) is 2.56. The molecule has 3 nitrogen and oxygen atoms in total. The fourth-order valence-electron chi connectivity index (χ4n) is 1.61. The number of carbonyl (C=O) groups is 1. The van der Waals surface area contributed by atoms with Crippen LogP contribution in [0, 0.1) is 0 Å². The van der Waals surface area contributed by atoms with Crippen molar-refractivity contribution in [2.75, 3.05) is 19.6 Å². The first-order valence-corrected chi connectivity index (χ1v) is 4.28. The highest BCUT2D eigenvalue weighted by Gasteiger charge is 2.20. The Labute approximate surface area is 67.5 Å². The van der Waals surface area contributed by atoms with Crippen LogP contribution in [-0.4, -0.2) is 36.9 Å². The van der Waals surface area contributed by atoms with Crippen LogP contribution in [0.3, 0.4) is 0 Å². The molecule has 1 fully saturated rings. The molecule has 1 aliphatic rings. The fraction of sp³-hybridized carbons (Fsp3) is 0.875. The molecule has 0 amide bonds. The number of nitrogens with two attached hydrogens (primary N) is 1. The predicted molar refractivity (Wildman–Crippen MR) is 44.3 cm³/mol. The van der Waals surface area contributed by atoms with E-state index in [1.807, 2.05) is 0 Å². The van der Waals surface area contributed by atoms with Gasteiger partial charge >= 0.3 is 0 Å². The second kappa shape index (κ2) is 4.46. The Morgan fingerprint density at radius 3 is 3.00 bits per heavy atom. The molecule has 1 unspecified atom stereocenters. The van der Waals surface area contributed by atoms with E-state index in [1.165, 1.54) is 12.8 Å². The Morgan fingerprint density at radius 2 is 2.36 bits per heavy atom. The molecule has 0 radical (unpaired) electrons. The average molecular weight is 156 g/mol. The highest BCUT2D eigenvalue weighted by molar-refractivity contribution is 5.57. The second-order valence-corrected chi connectivity index (χ2v) is 3.02. The smallest absolute Gasteiger partial charge is 0.137 e. The first-order valence-electron chi connectivity index (χ1n) is 4.28. The molecule has 0 aromatic carbocycles. The van der Waals surface area contributed by atoms with Crippen LogP contribution < -0.4 is 5.73 Å². The van der Waals surface area contributed by atoms with Crippen molar-refractivity contribution in [3.63, 3.8) is 0 Å². The average Bonchev–Trinajstić information content (AvgIpc) is 2.06. The number of nitrogens with zero attached hydrogens (tertiary/aromatic N) is 1. The second-order valence-electron chi connectivity index (χ2n) is 3.02. The molecule has 64 valence electrons. The molecule has 1 saturated heterocycles. The topological polar surface area (TPSA) is 46.3 Å². The summed E-state index contributed by atoms with van der Waals surface area (Å²) in [6, 6.07) is 0.146. The quantitative estimate of drug-likeness (QED) is 0.585. The lowest BCUT2D eigenvalue weighted by atomic mass is 10.0. The summed E-state index contributed by atoms with van der Waals surface area (Å²) in [5, 5.41) is 0. The van der Waals surface area contributed by atoms with E-state index in [1.54, 1.807) is 0 Å². The van der Waals surface area contributed by atoms with Gasteiger partial charge in [-0.05, 0) is 19.4 Å². The molecule has 11 heavy (non-hydrogen) atoms. The lowest BCUT2D eigenvalue weighted by Crippen LogP contribution is -2.43. The molecule has 1 atom stereocenters. The maximum Gasteiger partial charge on any atom is 0.137 e. The molecular formula is C8H16N2O. The number of carbonyl (C=O) groups excluding carboxylic acids is 1. The molecule has 0 aliphatic carbocycles. The van der Waals surface area contributed by atoms with Crippen molar-refractivity contribution in [3.8, 4) is 0 Å². The third-order valence-electron chi connectivity index (χ3n) is 2.24. The molecular weight excluding hydrogens is 140 g/mol. The molecule has 3 heteroatoms. The number of hydrogen-bond donors (Lipinski definition) is 1. The lowest BCUT2D eigenvalue weighted by molar-refractivity contribution is -0.113. The van der Waals surface area contributed by atoms with Gasteiger partial charge in [0.1, 0.15) is 6.29 Å². The molecule has 0 aromatic rings. The van der Waals surface area contributed by atoms with Crippen molar-refractivity contribution in [2.24, 2.45) is 5.73 Å². The van der Waals surface area contributed by atoms with Gasteiger partial charge in [0.15, 0.2) is 0 Å². The predicted octanol–water partition coefficient (Wildman–Crippen LogP) is -0.00150. The summed E-state index contributed by atoms with van der Waals surface area (Å²) in [6.07, 6.45) is 4.47. The molecule has 0 bridgehead atoms. The third-order valence-corrected chi connectivity index (χ3v) is 2.24. The highest BCUT2D eigenvalue weighted by Crippen LogP contribution is 2.13. The molecule has 0 saturated carbocycles. The zero-order valence-corrected chi connectivity index (χ0v) is 6.83. The molecule has 1 rings (SSSR count). The van der Waals surface area contributed by atoms with Crippen molar-refractivity contribution >= 4 is 6.29 Å². The minimum absolute atomic E-state index is 0.146. The van der Waals surface area contributed by atoms with Gasteiger partial charge in [-0.1, -0.05) is 6.42 Å². The van der Waals surface area contributed by atoms with Crippen molar-refractivity contribution in [1.29, 1.82) is 0 Å². The monoisotopic (exact) mass is 156 g/mol. The van der Waals surface area contributed by atoms with Crippen LogP contribution in [0.2, 0.25) is 0 Å². The number of rotatable bonds is 3. The summed E-state index contributed by atoms with van der Waals surface area (Å²) in [4.78, 5) is 12.7. The van der Waals surface area contributed by atoms with E-state index in [4.69, 9.17) is 5.73 Å². The third kappa shape index (κ3) is 2.27. The number of aldehydes is 1. The highest BCUT2D eigenvalue weighted by atomic mass is 16.1. The van der Waals surface area contributed by atoms with E-state index in [0.29, 0.717) is 6.54 Å². The van der Waals surface area contributed by atoms with Crippen LogP contribution in [0.4, 0.5) is 0 Å². The maximum absolute atomic E-state index is 10.6. The fourth-order valence-corrected chi connectivity index (χ4v) is 1.61. The maximum atomic E-state index is 10.6. The van der Waals surface area contributed by atoms with Crippen molar-refractivity contribution in [3.05, 3.63) is 0 Å². The minimum Gasteiger partial charge on any atom is -0.329 e. The summed E-state index contributed by atoms with van der Waals surface area (Å²) in [5.74, 6) is 0. The van der Waals surface area contributed by atoms with E-state index < -0.39 is 0 Å². The molecule has 1 heterocycles. The number of piperidine rings is 1. The largest absolute Gasteiger partial charge is 0.329 e. The van der Waals surface area contributed by atoms with Crippen molar-refractivity contribution < 1.29 is 4.79 Å². The van der Waals surface area contributed by atoms with Crippen LogP contribution in [-0.2, 0) is 4.79 Å². The van der Waals surface area contributed by atoms with Crippen molar-refractivity contribution in [1.82, 2.24) is 4.90 Å². The Hall–Kier alpha value is -0.410. The Kier molecular flexibility index (Phi) is 3.52. The van der Waals surface area contributed by atoms with Crippen LogP contribution in [0.15, 0.2) is 0 Å². The van der Waals surface area contributed by atoms with Crippen molar-refractivity contribution in [2.45, 2.75) is 25.3 Å². The Balaban J connectivity index is 2.37. The van der Waals surface area contributed by atoms with E-state index in [-0.39, 0.29) is 6.04 Å². The van der Waals surface area contributed by atoms with E-state index in [2.05, 4.69) is 4.90 Å². The van der Waals surface area contributed by atoms with Crippen LogP contribution in [0.1, 0.15) is 19.3 Å². The Morgan fingerprint density at radius 1 is 1.55 bits per heavy atom. The first kappa shape index (κ1) is 8.68. The van der Waals surface area contributed by atoms with Gasteiger partial charge in [-0.15, -0.1) is 0 Å². The standard InChI is InChI=1S/C8H16N2O/c9-4-6-10-5-2-1-3-8(10)7-11/h7-8H,1-6,9H2. The molecule has 2 N–H and O–H groups in total. The minimum atomic E-state index is 0.146. The van der Waals surface area contributed by atoms with Gasteiger partial charge in [-0.2, -0.15) is 0 Å². The van der Waals surface area contributed by atoms with E-state index >= 15 is 0 Å². The zero-order chi connectivity index (χ0) is 8.10. The zero-order valence-electron chi connectivity index (χ0n) is 6.83. The molecule has 0 spiro atoms. The Bertz CT molecular complexity index is 125. The molecule has 1 aliphatic heterocycles. The summed E-state index contributed by atoms with van der Waals surface area (Å²) < 4.78 is 0. The SMILES string of the molecule is NCCN1CCCCC1C=O. The summed E-state index contributed by atoms with van der Waals surface area (Å²) in [5.41, 5.74) is 5.42. The van der Waals surface area contributed by atoms with Gasteiger partial charge in [-0.25, -0.2) is 0 Å². The van der Waals surface area contributed by atoms with E-state index in [9.17, 15) is 4.79 Å². The van der Waals surface area contributed by atoms with Gasteiger partial charge in [0.2, 0.25) is 0 Å². The van der Waals surface area contributed by atoms with Crippen LogP contribution in [0.25, 0.3) is 0 Å². The van der Waals surface area contributed by atoms with Gasteiger partial charge in [0, 0.05) is 13.1 Å². The van der Waals surface area contributed by atoms with Gasteiger partial charge in [0.25, 0.3) is 0 Å². The van der Waals surface area contributed by atoms with Gasteiger partial charge < -0.3 is 10.5 Å². The first-order chi connectivity index (χ1) is 5.38. The lowest BCUT2D eigenvalue weighted by Gasteiger charge is -2.31.